The third kappa shape index (κ3) is 4.88. The fourth-order valence-corrected chi connectivity index (χ4v) is 4.24. The summed E-state index contributed by atoms with van der Waals surface area (Å²) < 4.78 is 26.4. The first-order chi connectivity index (χ1) is 13.2. The lowest BCUT2D eigenvalue weighted by atomic mass is 10.1. The van der Waals surface area contributed by atoms with E-state index in [1.807, 2.05) is 32.0 Å². The molecule has 0 radical (unpaired) electrons. The quantitative estimate of drug-likeness (QED) is 0.732. The average molecular weight is 405 g/mol. The lowest BCUT2D eigenvalue weighted by molar-refractivity contribution is -0.114. The van der Waals surface area contributed by atoms with E-state index in [0.29, 0.717) is 18.9 Å². The summed E-state index contributed by atoms with van der Waals surface area (Å²) in [6.07, 6.45) is 1.34. The van der Waals surface area contributed by atoms with Crippen LogP contribution < -0.4 is 10.2 Å². The molecule has 0 bridgehead atoms. The summed E-state index contributed by atoms with van der Waals surface area (Å²) >= 11 is 0. The number of nitrogens with zero attached hydrogens (tertiary/aromatic N) is 3. The van der Waals surface area contributed by atoms with Crippen LogP contribution in [0.4, 0.5) is 11.5 Å². The van der Waals surface area contributed by atoms with E-state index < -0.39 is 10.0 Å². The Hall–Kier alpha value is -2.45. The molecule has 1 heterocycles. The van der Waals surface area contributed by atoms with E-state index >= 15 is 0 Å². The Kier molecular flexibility index (Phi) is 7.15. The predicted octanol–water partition coefficient (Wildman–Crippen LogP) is 2.80. The van der Waals surface area contributed by atoms with Crippen LogP contribution in [-0.2, 0) is 14.8 Å². The Morgan fingerprint density at radius 1 is 1.11 bits per heavy atom. The molecule has 1 aromatic carbocycles. The van der Waals surface area contributed by atoms with E-state index in [4.69, 9.17) is 0 Å². The number of hydrogen-bond acceptors (Lipinski definition) is 5. The Morgan fingerprint density at radius 2 is 1.79 bits per heavy atom. The lowest BCUT2D eigenvalue weighted by Gasteiger charge is -2.20. The maximum atomic E-state index is 12.5. The number of anilines is 2. The van der Waals surface area contributed by atoms with Crippen LogP contribution in [0.15, 0.2) is 41.4 Å². The monoisotopic (exact) mass is 404 g/mol. The topological polar surface area (TPSA) is 82.6 Å². The summed E-state index contributed by atoms with van der Waals surface area (Å²) in [5.41, 5.74) is 2.92. The number of carbonyl (C=O) groups is 1. The molecular formula is C20H28N4O3S. The predicted molar refractivity (Wildman–Crippen MR) is 112 cm³/mol. The number of carbonyl (C=O) groups excluding carboxylic acids is 1. The van der Waals surface area contributed by atoms with E-state index in [1.54, 1.807) is 31.9 Å². The maximum Gasteiger partial charge on any atom is 0.244 e. The second kappa shape index (κ2) is 9.16. The van der Waals surface area contributed by atoms with Crippen molar-refractivity contribution in [3.05, 3.63) is 47.7 Å². The number of hydrogen-bond donors (Lipinski definition) is 1. The fraction of sp³-hybridized carbons (Fsp3) is 0.400. The highest BCUT2D eigenvalue weighted by Gasteiger charge is 2.22. The highest BCUT2D eigenvalue weighted by Crippen LogP contribution is 2.19. The second-order valence-electron chi connectivity index (χ2n) is 6.59. The van der Waals surface area contributed by atoms with Crippen LogP contribution in [0.1, 0.15) is 25.0 Å². The number of aryl methyl sites for hydroxylation is 1. The average Bonchev–Trinajstić information content (AvgIpc) is 2.66. The number of sulfonamides is 1. The fourth-order valence-electron chi connectivity index (χ4n) is 2.84. The summed E-state index contributed by atoms with van der Waals surface area (Å²) in [6.45, 7) is 8.46. The SMILES string of the molecule is CCN(CC)S(=O)(=O)c1ccc(N(C)CC(=O)Nc2cccc(C)c2C)nc1. The molecule has 1 N–H and O–H groups in total. The molecule has 1 aromatic heterocycles. The molecule has 152 valence electrons. The van der Waals surface area contributed by atoms with Gasteiger partial charge in [-0.15, -0.1) is 0 Å². The highest BCUT2D eigenvalue weighted by molar-refractivity contribution is 7.89. The van der Waals surface area contributed by atoms with Crippen LogP contribution in [0.2, 0.25) is 0 Å². The Labute approximate surface area is 167 Å². The maximum absolute atomic E-state index is 12.5. The minimum Gasteiger partial charge on any atom is -0.350 e. The lowest BCUT2D eigenvalue weighted by Crippen LogP contribution is -2.32. The number of benzene rings is 1. The Bertz CT molecular complexity index is 923. The molecule has 0 aliphatic heterocycles. The van der Waals surface area contributed by atoms with Gasteiger partial charge in [-0.25, -0.2) is 13.4 Å². The molecule has 0 fully saturated rings. The zero-order valence-corrected chi connectivity index (χ0v) is 17.9. The van der Waals surface area contributed by atoms with Gasteiger partial charge in [0.05, 0.1) is 6.54 Å². The second-order valence-corrected chi connectivity index (χ2v) is 8.53. The molecule has 28 heavy (non-hydrogen) atoms. The highest BCUT2D eigenvalue weighted by atomic mass is 32.2. The number of aromatic nitrogens is 1. The van der Waals surface area contributed by atoms with Crippen molar-refractivity contribution in [1.82, 2.24) is 9.29 Å². The third-order valence-corrected chi connectivity index (χ3v) is 6.75. The van der Waals surface area contributed by atoms with Crippen molar-refractivity contribution in [3.63, 3.8) is 0 Å². The first-order valence-electron chi connectivity index (χ1n) is 9.24. The van der Waals surface area contributed by atoms with E-state index in [0.717, 1.165) is 16.8 Å². The van der Waals surface area contributed by atoms with E-state index in [1.165, 1.54) is 16.6 Å². The van der Waals surface area contributed by atoms with Crippen molar-refractivity contribution < 1.29 is 13.2 Å². The van der Waals surface area contributed by atoms with Gasteiger partial charge in [-0.1, -0.05) is 26.0 Å². The molecule has 0 aliphatic rings. The molecule has 8 heteroatoms. The van der Waals surface area contributed by atoms with Gasteiger partial charge in [0.15, 0.2) is 0 Å². The summed E-state index contributed by atoms with van der Waals surface area (Å²) in [6, 6.07) is 8.90. The summed E-state index contributed by atoms with van der Waals surface area (Å²) in [5, 5.41) is 2.91. The number of pyridine rings is 1. The number of amides is 1. The molecule has 7 nitrogen and oxygen atoms in total. The largest absolute Gasteiger partial charge is 0.350 e. The van der Waals surface area contributed by atoms with Gasteiger partial charge in [0.25, 0.3) is 0 Å². The van der Waals surface area contributed by atoms with Gasteiger partial charge < -0.3 is 10.2 Å². The van der Waals surface area contributed by atoms with Crippen molar-refractivity contribution in [2.24, 2.45) is 0 Å². The standard InChI is InChI=1S/C20H28N4O3S/c1-6-24(7-2)28(26,27)17-11-12-19(21-13-17)23(5)14-20(25)22-18-10-8-9-15(3)16(18)4/h8-13H,6-7,14H2,1-5H3,(H,22,25). The normalized spacial score (nSPS) is 11.5. The summed E-state index contributed by atoms with van der Waals surface area (Å²) in [4.78, 5) is 18.4. The molecule has 2 aromatic rings. The Morgan fingerprint density at radius 3 is 2.36 bits per heavy atom. The van der Waals surface area contributed by atoms with Gasteiger partial charge in [0.1, 0.15) is 10.7 Å². The van der Waals surface area contributed by atoms with Crippen LogP contribution >= 0.6 is 0 Å². The number of rotatable bonds is 8. The van der Waals surface area contributed by atoms with E-state index in [9.17, 15) is 13.2 Å². The zero-order valence-electron chi connectivity index (χ0n) is 17.1. The van der Waals surface area contributed by atoms with Crippen molar-refractivity contribution in [3.8, 4) is 0 Å². The van der Waals surface area contributed by atoms with E-state index in [2.05, 4.69) is 10.3 Å². The van der Waals surface area contributed by atoms with Crippen LogP contribution in [0.25, 0.3) is 0 Å². The molecule has 0 aliphatic carbocycles. The molecule has 1 amide bonds. The van der Waals surface area contributed by atoms with Gasteiger partial charge >= 0.3 is 0 Å². The van der Waals surface area contributed by atoms with Gasteiger partial charge in [-0.05, 0) is 43.2 Å². The minimum absolute atomic E-state index is 0.0997. The molecule has 0 unspecified atom stereocenters. The Balaban J connectivity index is 2.07. The molecule has 0 spiro atoms. The molecular weight excluding hydrogens is 376 g/mol. The van der Waals surface area contributed by atoms with Crippen LogP contribution in [0, 0.1) is 13.8 Å². The molecule has 0 saturated heterocycles. The van der Waals surface area contributed by atoms with Crippen molar-refractivity contribution in [2.45, 2.75) is 32.6 Å². The number of likely N-dealkylation sites (N-methyl/N-ethyl adjacent to an activating group) is 1. The first-order valence-corrected chi connectivity index (χ1v) is 10.7. The van der Waals surface area contributed by atoms with Crippen LogP contribution in [-0.4, -0.2) is 50.3 Å². The van der Waals surface area contributed by atoms with Gasteiger partial charge in [0, 0.05) is 32.0 Å². The number of nitrogens with one attached hydrogen (secondary N) is 1. The van der Waals surface area contributed by atoms with Crippen LogP contribution in [0.3, 0.4) is 0 Å². The van der Waals surface area contributed by atoms with Crippen molar-refractivity contribution in [2.75, 3.05) is 36.9 Å². The molecule has 0 saturated carbocycles. The smallest absolute Gasteiger partial charge is 0.244 e. The van der Waals surface area contributed by atoms with Crippen molar-refractivity contribution >= 4 is 27.4 Å². The third-order valence-electron chi connectivity index (χ3n) is 4.71. The van der Waals surface area contributed by atoms with Crippen molar-refractivity contribution in [1.29, 1.82) is 0 Å². The van der Waals surface area contributed by atoms with Crippen LogP contribution in [0.5, 0.6) is 0 Å². The van der Waals surface area contributed by atoms with Gasteiger partial charge in [-0.2, -0.15) is 4.31 Å². The van der Waals surface area contributed by atoms with Gasteiger partial charge in [0.2, 0.25) is 15.9 Å². The minimum atomic E-state index is -3.54. The first kappa shape index (κ1) is 21.8. The van der Waals surface area contributed by atoms with E-state index in [-0.39, 0.29) is 17.3 Å². The zero-order chi connectivity index (χ0) is 20.9. The summed E-state index contributed by atoms with van der Waals surface area (Å²) in [5.74, 6) is 0.354. The molecule has 0 atom stereocenters. The molecule has 2 rings (SSSR count). The summed E-state index contributed by atoms with van der Waals surface area (Å²) in [7, 11) is -1.80. The van der Waals surface area contributed by atoms with Gasteiger partial charge in [-0.3, -0.25) is 4.79 Å².